The third-order valence-electron chi connectivity index (χ3n) is 5.18. The molecule has 0 bridgehead atoms. The summed E-state index contributed by atoms with van der Waals surface area (Å²) in [6.07, 6.45) is 0. The topological polar surface area (TPSA) is 78.1 Å². The number of likely N-dealkylation sites (N-methyl/N-ethyl adjacent to an activating group) is 1. The number of anilines is 1. The molecule has 0 saturated carbocycles. The van der Waals surface area contributed by atoms with Gasteiger partial charge in [-0.3, -0.25) is 14.5 Å². The van der Waals surface area contributed by atoms with Crippen LogP contribution < -0.4 is 10.9 Å². The fraction of sp³-hybridized carbons (Fsp3) is 0.160. The summed E-state index contributed by atoms with van der Waals surface area (Å²) in [6, 6.07) is 23.9. The van der Waals surface area contributed by atoms with Gasteiger partial charge in [-0.2, -0.15) is 0 Å². The highest BCUT2D eigenvalue weighted by Crippen LogP contribution is 2.23. The molecule has 1 aromatic heterocycles. The van der Waals surface area contributed by atoms with E-state index < -0.39 is 6.04 Å². The predicted molar refractivity (Wildman–Crippen MR) is 123 cm³/mol. The second kappa shape index (κ2) is 8.93. The average molecular weight is 412 g/mol. The largest absolute Gasteiger partial charge is 0.324 e. The first-order chi connectivity index (χ1) is 15.0. The molecule has 1 amide bonds. The lowest BCUT2D eigenvalue weighted by molar-refractivity contribution is -0.121. The van der Waals surface area contributed by atoms with Crippen LogP contribution in [0.25, 0.3) is 10.9 Å². The molecule has 1 atom stereocenters. The number of aromatic nitrogens is 2. The van der Waals surface area contributed by atoms with Gasteiger partial charge in [0, 0.05) is 5.69 Å². The Hall–Kier alpha value is -3.77. The fourth-order valence-electron chi connectivity index (χ4n) is 3.63. The minimum absolute atomic E-state index is 0.152. The van der Waals surface area contributed by atoms with Gasteiger partial charge in [-0.15, -0.1) is 0 Å². The number of amides is 1. The summed E-state index contributed by atoms with van der Waals surface area (Å²) in [4.78, 5) is 35.0. The Morgan fingerprint density at radius 3 is 2.42 bits per heavy atom. The van der Waals surface area contributed by atoms with Crippen LogP contribution in [-0.2, 0) is 11.3 Å². The van der Waals surface area contributed by atoms with Gasteiger partial charge in [-0.1, -0.05) is 60.2 Å². The first-order valence-electron chi connectivity index (χ1n) is 10.1. The summed E-state index contributed by atoms with van der Waals surface area (Å²) >= 11 is 0. The molecule has 0 aliphatic carbocycles. The number of fused-ring (bicyclic) bond motifs is 1. The number of carbonyl (C=O) groups is 1. The monoisotopic (exact) mass is 412 g/mol. The van der Waals surface area contributed by atoms with Gasteiger partial charge in [-0.05, 0) is 43.8 Å². The van der Waals surface area contributed by atoms with E-state index >= 15 is 0 Å². The molecule has 156 valence electrons. The molecular formula is C25H24N4O2. The van der Waals surface area contributed by atoms with Crippen LogP contribution in [0.1, 0.15) is 23.0 Å². The SMILES string of the molecule is Cc1ccc(NC(=O)[C@H](c2ccccc2)N(C)Cc2nc3ccccc3c(=O)[nH]2)cc1. The molecule has 0 radical (unpaired) electrons. The van der Waals surface area contributed by atoms with Crippen molar-refractivity contribution in [2.45, 2.75) is 19.5 Å². The zero-order chi connectivity index (χ0) is 21.8. The molecule has 0 spiro atoms. The van der Waals surface area contributed by atoms with E-state index in [9.17, 15) is 9.59 Å². The number of nitrogens with one attached hydrogen (secondary N) is 2. The quantitative estimate of drug-likeness (QED) is 0.501. The molecule has 0 fully saturated rings. The number of aryl methyl sites for hydroxylation is 1. The summed E-state index contributed by atoms with van der Waals surface area (Å²) in [5.41, 5.74) is 3.17. The van der Waals surface area contributed by atoms with E-state index in [2.05, 4.69) is 15.3 Å². The van der Waals surface area contributed by atoms with E-state index in [-0.39, 0.29) is 11.5 Å². The van der Waals surface area contributed by atoms with E-state index in [0.717, 1.165) is 16.8 Å². The summed E-state index contributed by atoms with van der Waals surface area (Å²) in [5, 5.41) is 3.55. The van der Waals surface area contributed by atoms with Gasteiger partial charge in [0.2, 0.25) is 5.91 Å². The second-order valence-electron chi connectivity index (χ2n) is 7.61. The lowest BCUT2D eigenvalue weighted by atomic mass is 10.0. The Labute approximate surface area is 180 Å². The second-order valence-corrected chi connectivity index (χ2v) is 7.61. The molecule has 1 heterocycles. The van der Waals surface area contributed by atoms with E-state index in [1.54, 1.807) is 6.07 Å². The summed E-state index contributed by atoms with van der Waals surface area (Å²) < 4.78 is 0. The van der Waals surface area contributed by atoms with Crippen molar-refractivity contribution in [2.75, 3.05) is 12.4 Å². The predicted octanol–water partition coefficient (Wildman–Crippen LogP) is 4.04. The molecule has 0 saturated heterocycles. The molecular weight excluding hydrogens is 388 g/mol. The first kappa shape index (κ1) is 20.5. The van der Waals surface area contributed by atoms with Gasteiger partial charge >= 0.3 is 0 Å². The van der Waals surface area contributed by atoms with Crippen molar-refractivity contribution in [3.05, 3.63) is 106 Å². The van der Waals surface area contributed by atoms with Crippen LogP contribution in [0.5, 0.6) is 0 Å². The maximum Gasteiger partial charge on any atom is 0.258 e. The number of H-pyrrole nitrogens is 1. The number of nitrogens with zero attached hydrogens (tertiary/aromatic N) is 2. The van der Waals surface area contributed by atoms with Gasteiger partial charge in [0.05, 0.1) is 17.4 Å². The van der Waals surface area contributed by atoms with E-state index in [4.69, 9.17) is 0 Å². The number of carbonyl (C=O) groups excluding carboxylic acids is 1. The highest BCUT2D eigenvalue weighted by atomic mass is 16.2. The Morgan fingerprint density at radius 1 is 1.00 bits per heavy atom. The molecule has 0 aliphatic heterocycles. The van der Waals surface area contributed by atoms with Crippen molar-refractivity contribution in [3.63, 3.8) is 0 Å². The van der Waals surface area contributed by atoms with Crippen LogP contribution in [0.2, 0.25) is 0 Å². The third-order valence-corrected chi connectivity index (χ3v) is 5.18. The van der Waals surface area contributed by atoms with Crippen molar-refractivity contribution in [1.82, 2.24) is 14.9 Å². The lowest BCUT2D eigenvalue weighted by Gasteiger charge is -2.27. The fourth-order valence-corrected chi connectivity index (χ4v) is 3.63. The van der Waals surface area contributed by atoms with Crippen LogP contribution in [0.4, 0.5) is 5.69 Å². The maximum absolute atomic E-state index is 13.3. The molecule has 6 heteroatoms. The van der Waals surface area contributed by atoms with Crippen LogP contribution >= 0.6 is 0 Å². The van der Waals surface area contributed by atoms with Crippen LogP contribution in [-0.4, -0.2) is 27.8 Å². The summed E-state index contributed by atoms with van der Waals surface area (Å²) in [5.74, 6) is 0.357. The Balaban J connectivity index is 1.63. The van der Waals surface area contributed by atoms with Crippen molar-refractivity contribution < 1.29 is 4.79 Å². The molecule has 0 unspecified atom stereocenters. The van der Waals surface area contributed by atoms with Crippen LogP contribution in [0.3, 0.4) is 0 Å². The number of rotatable bonds is 6. The molecule has 2 N–H and O–H groups in total. The number of hydrogen-bond acceptors (Lipinski definition) is 4. The molecule has 3 aromatic carbocycles. The number of hydrogen-bond donors (Lipinski definition) is 2. The summed E-state index contributed by atoms with van der Waals surface area (Å²) in [6.45, 7) is 2.31. The average Bonchev–Trinajstić information content (AvgIpc) is 2.76. The molecule has 4 rings (SSSR count). The minimum atomic E-state index is -0.556. The van der Waals surface area contributed by atoms with Crippen molar-refractivity contribution >= 4 is 22.5 Å². The third kappa shape index (κ3) is 4.70. The van der Waals surface area contributed by atoms with Crippen molar-refractivity contribution in [2.24, 2.45) is 0 Å². The van der Waals surface area contributed by atoms with E-state index in [1.165, 1.54) is 0 Å². The van der Waals surface area contributed by atoms with E-state index in [0.29, 0.717) is 23.3 Å². The van der Waals surface area contributed by atoms with Gasteiger partial charge in [0.1, 0.15) is 11.9 Å². The summed E-state index contributed by atoms with van der Waals surface area (Å²) in [7, 11) is 1.85. The van der Waals surface area contributed by atoms with Crippen LogP contribution in [0.15, 0.2) is 83.7 Å². The first-order valence-corrected chi connectivity index (χ1v) is 10.1. The molecule has 6 nitrogen and oxygen atoms in total. The lowest BCUT2D eigenvalue weighted by Crippen LogP contribution is -2.35. The van der Waals surface area contributed by atoms with Crippen LogP contribution in [0, 0.1) is 6.92 Å². The van der Waals surface area contributed by atoms with Crippen molar-refractivity contribution in [3.8, 4) is 0 Å². The minimum Gasteiger partial charge on any atom is -0.324 e. The standard InChI is InChI=1S/C25H24N4O2/c1-17-12-14-19(15-13-17)26-25(31)23(18-8-4-3-5-9-18)29(2)16-22-27-21-11-7-6-10-20(21)24(30)28-22/h3-15,23H,16H2,1-2H3,(H,26,31)(H,27,28,30)/t23-/m0/s1. The maximum atomic E-state index is 13.3. The van der Waals surface area contributed by atoms with Gasteiger partial charge in [-0.25, -0.2) is 4.98 Å². The Morgan fingerprint density at radius 2 is 1.68 bits per heavy atom. The normalized spacial score (nSPS) is 12.1. The smallest absolute Gasteiger partial charge is 0.258 e. The number of benzene rings is 3. The van der Waals surface area contributed by atoms with Crippen molar-refractivity contribution in [1.29, 1.82) is 0 Å². The number of aromatic amines is 1. The van der Waals surface area contributed by atoms with E-state index in [1.807, 2.05) is 91.7 Å². The van der Waals surface area contributed by atoms with Gasteiger partial charge in [0.25, 0.3) is 5.56 Å². The van der Waals surface area contributed by atoms with Gasteiger partial charge < -0.3 is 10.3 Å². The zero-order valence-corrected chi connectivity index (χ0v) is 17.5. The highest BCUT2D eigenvalue weighted by molar-refractivity contribution is 5.95. The highest BCUT2D eigenvalue weighted by Gasteiger charge is 2.26. The van der Waals surface area contributed by atoms with Gasteiger partial charge in [0.15, 0.2) is 0 Å². The molecule has 4 aromatic rings. The molecule has 31 heavy (non-hydrogen) atoms. The zero-order valence-electron chi connectivity index (χ0n) is 17.5. The Kier molecular flexibility index (Phi) is 5.91. The molecule has 0 aliphatic rings. The number of para-hydroxylation sites is 1. The Bertz CT molecular complexity index is 1250.